The Labute approximate surface area is 192 Å². The summed E-state index contributed by atoms with van der Waals surface area (Å²) in [5.41, 5.74) is 11.2. The first-order valence-corrected chi connectivity index (χ1v) is 10.8. The predicted molar refractivity (Wildman–Crippen MR) is 129 cm³/mol. The van der Waals surface area contributed by atoms with Gasteiger partial charge < -0.3 is 16.2 Å². The van der Waals surface area contributed by atoms with E-state index in [0.717, 1.165) is 33.2 Å². The van der Waals surface area contributed by atoms with Crippen LogP contribution in [-0.4, -0.2) is 34.6 Å². The van der Waals surface area contributed by atoms with Gasteiger partial charge in [-0.05, 0) is 47.7 Å². The molecule has 1 heterocycles. The summed E-state index contributed by atoms with van der Waals surface area (Å²) in [5, 5.41) is 12.9. The van der Waals surface area contributed by atoms with Crippen LogP contribution in [0.2, 0.25) is 0 Å². The van der Waals surface area contributed by atoms with Crippen LogP contribution in [0.25, 0.3) is 22.0 Å². The van der Waals surface area contributed by atoms with Gasteiger partial charge in [0.1, 0.15) is 6.04 Å². The number of hydrogen-bond donors (Lipinski definition) is 3. The van der Waals surface area contributed by atoms with Crippen molar-refractivity contribution in [3.05, 3.63) is 102 Å². The molecule has 0 bridgehead atoms. The van der Waals surface area contributed by atoms with Crippen molar-refractivity contribution in [3.8, 4) is 11.1 Å². The predicted octanol–water partition coefficient (Wildman–Crippen LogP) is 3.83. The number of carboxylic acids is 1. The minimum absolute atomic E-state index is 0.164. The molecule has 1 aromatic heterocycles. The summed E-state index contributed by atoms with van der Waals surface area (Å²) >= 11 is 0. The van der Waals surface area contributed by atoms with Gasteiger partial charge in [-0.2, -0.15) is 0 Å². The van der Waals surface area contributed by atoms with Crippen molar-refractivity contribution in [2.75, 3.05) is 6.54 Å². The second kappa shape index (κ2) is 10.1. The van der Waals surface area contributed by atoms with E-state index < -0.39 is 12.0 Å². The van der Waals surface area contributed by atoms with E-state index >= 15 is 0 Å². The van der Waals surface area contributed by atoms with Crippen molar-refractivity contribution in [1.29, 1.82) is 0 Å². The van der Waals surface area contributed by atoms with Crippen molar-refractivity contribution < 1.29 is 14.7 Å². The Balaban J connectivity index is 1.32. The Morgan fingerprint density at radius 2 is 1.61 bits per heavy atom. The SMILES string of the molecule is N[C@@H](Cc1ccc(C(=O)NCCc2ccc(-c3cccc4cccnc34)cc2)cc1)C(=O)O. The minimum atomic E-state index is -1.04. The number of rotatable bonds is 8. The zero-order valence-electron chi connectivity index (χ0n) is 18.1. The van der Waals surface area contributed by atoms with Gasteiger partial charge in [0.2, 0.25) is 0 Å². The molecule has 0 aliphatic rings. The summed E-state index contributed by atoms with van der Waals surface area (Å²) in [6.07, 6.45) is 2.74. The molecule has 4 aromatic rings. The third-order valence-electron chi connectivity index (χ3n) is 5.59. The zero-order chi connectivity index (χ0) is 23.2. The Kier molecular flexibility index (Phi) is 6.76. The molecule has 3 aromatic carbocycles. The third-order valence-corrected chi connectivity index (χ3v) is 5.59. The van der Waals surface area contributed by atoms with Gasteiger partial charge in [-0.3, -0.25) is 14.6 Å². The highest BCUT2D eigenvalue weighted by Gasteiger charge is 2.12. The monoisotopic (exact) mass is 439 g/mol. The number of para-hydroxylation sites is 1. The summed E-state index contributed by atoms with van der Waals surface area (Å²) in [5.74, 6) is -1.21. The Morgan fingerprint density at radius 3 is 2.33 bits per heavy atom. The number of nitrogens with zero attached hydrogens (tertiary/aromatic N) is 1. The number of fused-ring (bicyclic) bond motifs is 1. The number of amides is 1. The van der Waals surface area contributed by atoms with E-state index in [2.05, 4.69) is 52.8 Å². The number of nitrogens with one attached hydrogen (secondary N) is 1. The normalized spacial score (nSPS) is 11.8. The molecule has 6 heteroatoms. The van der Waals surface area contributed by atoms with Gasteiger partial charge in [-0.25, -0.2) is 0 Å². The molecule has 6 nitrogen and oxygen atoms in total. The average molecular weight is 440 g/mol. The molecule has 0 fully saturated rings. The molecule has 4 rings (SSSR count). The zero-order valence-corrected chi connectivity index (χ0v) is 18.1. The highest BCUT2D eigenvalue weighted by molar-refractivity contribution is 5.94. The molecule has 1 atom stereocenters. The molecule has 0 spiro atoms. The number of benzene rings is 3. The van der Waals surface area contributed by atoms with Crippen molar-refractivity contribution in [1.82, 2.24) is 10.3 Å². The first-order valence-electron chi connectivity index (χ1n) is 10.8. The number of aromatic nitrogens is 1. The second-order valence-electron chi connectivity index (χ2n) is 7.93. The van der Waals surface area contributed by atoms with E-state index in [-0.39, 0.29) is 12.3 Å². The quantitative estimate of drug-likeness (QED) is 0.387. The fourth-order valence-electron chi connectivity index (χ4n) is 3.74. The molecule has 0 saturated heterocycles. The fourth-order valence-corrected chi connectivity index (χ4v) is 3.74. The summed E-state index contributed by atoms with van der Waals surface area (Å²) < 4.78 is 0. The molecule has 0 aliphatic carbocycles. The van der Waals surface area contributed by atoms with E-state index in [1.807, 2.05) is 12.1 Å². The topological polar surface area (TPSA) is 105 Å². The van der Waals surface area contributed by atoms with Crippen LogP contribution in [0.3, 0.4) is 0 Å². The highest BCUT2D eigenvalue weighted by Crippen LogP contribution is 2.27. The summed E-state index contributed by atoms with van der Waals surface area (Å²) in [7, 11) is 0. The molecular weight excluding hydrogens is 414 g/mol. The lowest BCUT2D eigenvalue weighted by Crippen LogP contribution is -2.32. The standard InChI is InChI=1S/C27H25N3O3/c28-24(27(32)33)17-19-8-12-22(13-9-19)26(31)30-16-14-18-6-10-20(11-7-18)23-5-1-3-21-4-2-15-29-25(21)23/h1-13,15,24H,14,16-17,28H2,(H,30,31)(H,32,33)/t24-/m0/s1. The number of carboxylic acid groups (broad SMARTS) is 1. The fraction of sp³-hybridized carbons (Fsp3) is 0.148. The van der Waals surface area contributed by atoms with Gasteiger partial charge in [-0.15, -0.1) is 0 Å². The van der Waals surface area contributed by atoms with E-state index in [1.54, 1.807) is 30.5 Å². The van der Waals surface area contributed by atoms with Gasteiger partial charge in [0.25, 0.3) is 5.91 Å². The number of nitrogens with two attached hydrogens (primary N) is 1. The van der Waals surface area contributed by atoms with Crippen LogP contribution in [0, 0.1) is 0 Å². The average Bonchev–Trinajstić information content (AvgIpc) is 2.84. The van der Waals surface area contributed by atoms with E-state index in [1.165, 1.54) is 0 Å². The number of aliphatic carboxylic acids is 1. The maximum Gasteiger partial charge on any atom is 0.320 e. The minimum Gasteiger partial charge on any atom is -0.480 e. The Bertz CT molecular complexity index is 1260. The maximum atomic E-state index is 12.4. The van der Waals surface area contributed by atoms with E-state index in [4.69, 9.17) is 10.8 Å². The van der Waals surface area contributed by atoms with Crippen molar-refractivity contribution in [3.63, 3.8) is 0 Å². The molecule has 1 amide bonds. The van der Waals surface area contributed by atoms with Gasteiger partial charge in [0.15, 0.2) is 0 Å². The second-order valence-corrected chi connectivity index (χ2v) is 7.93. The summed E-state index contributed by atoms with van der Waals surface area (Å²) in [6, 6.07) is 24.4. The number of hydrogen-bond acceptors (Lipinski definition) is 4. The van der Waals surface area contributed by atoms with Crippen LogP contribution in [0.4, 0.5) is 0 Å². The summed E-state index contributed by atoms with van der Waals surface area (Å²) in [4.78, 5) is 27.8. The van der Waals surface area contributed by atoms with Crippen LogP contribution >= 0.6 is 0 Å². The largest absolute Gasteiger partial charge is 0.480 e. The lowest BCUT2D eigenvalue weighted by Gasteiger charge is -2.09. The van der Waals surface area contributed by atoms with Crippen molar-refractivity contribution in [2.45, 2.75) is 18.9 Å². The third kappa shape index (κ3) is 5.42. The molecule has 33 heavy (non-hydrogen) atoms. The molecule has 166 valence electrons. The van der Waals surface area contributed by atoms with E-state index in [9.17, 15) is 9.59 Å². The van der Waals surface area contributed by atoms with E-state index in [0.29, 0.717) is 18.5 Å². The van der Waals surface area contributed by atoms with Gasteiger partial charge in [0, 0.05) is 29.3 Å². The number of carbonyl (C=O) groups is 2. The van der Waals surface area contributed by atoms with Crippen molar-refractivity contribution in [2.24, 2.45) is 5.73 Å². The molecule has 0 radical (unpaired) electrons. The van der Waals surface area contributed by atoms with Crippen LogP contribution in [-0.2, 0) is 17.6 Å². The van der Waals surface area contributed by atoms with Crippen LogP contribution in [0.1, 0.15) is 21.5 Å². The highest BCUT2D eigenvalue weighted by atomic mass is 16.4. The molecule has 0 aliphatic heterocycles. The van der Waals surface area contributed by atoms with Crippen LogP contribution < -0.4 is 11.1 Å². The van der Waals surface area contributed by atoms with Gasteiger partial charge in [0.05, 0.1) is 5.52 Å². The number of carbonyl (C=O) groups excluding carboxylic acids is 1. The first kappa shape index (κ1) is 22.2. The molecule has 0 saturated carbocycles. The van der Waals surface area contributed by atoms with Crippen LogP contribution in [0.15, 0.2) is 85.1 Å². The molecule has 4 N–H and O–H groups in total. The molecule has 0 unspecified atom stereocenters. The Morgan fingerprint density at radius 1 is 0.909 bits per heavy atom. The number of pyridine rings is 1. The molecular formula is C27H25N3O3. The van der Waals surface area contributed by atoms with Gasteiger partial charge >= 0.3 is 5.97 Å². The van der Waals surface area contributed by atoms with Crippen molar-refractivity contribution >= 4 is 22.8 Å². The van der Waals surface area contributed by atoms with Crippen LogP contribution in [0.5, 0.6) is 0 Å². The first-order chi connectivity index (χ1) is 16.0. The lowest BCUT2D eigenvalue weighted by atomic mass is 10.00. The van der Waals surface area contributed by atoms with Gasteiger partial charge in [-0.1, -0.05) is 60.7 Å². The smallest absolute Gasteiger partial charge is 0.320 e. The maximum absolute atomic E-state index is 12.4. The Hall–Kier alpha value is -4.03. The lowest BCUT2D eigenvalue weighted by molar-refractivity contribution is -0.138. The summed E-state index contributed by atoms with van der Waals surface area (Å²) in [6.45, 7) is 0.514.